The van der Waals surface area contributed by atoms with Gasteiger partial charge in [-0.3, -0.25) is 9.10 Å². The zero-order valence-corrected chi connectivity index (χ0v) is 18.4. The monoisotopic (exact) mass is 422 g/mol. The number of nitrogens with one attached hydrogen (secondary N) is 1. The van der Waals surface area contributed by atoms with Crippen molar-refractivity contribution in [1.82, 2.24) is 5.32 Å². The average molecular weight is 423 g/mol. The minimum absolute atomic E-state index is 0.242. The second-order valence-electron chi connectivity index (χ2n) is 7.05. The molecule has 0 aliphatic rings. The van der Waals surface area contributed by atoms with Crippen LogP contribution in [0.2, 0.25) is 5.02 Å². The van der Waals surface area contributed by atoms with E-state index in [4.69, 9.17) is 11.6 Å². The molecule has 0 aliphatic carbocycles. The maximum atomic E-state index is 13.0. The van der Waals surface area contributed by atoms with E-state index in [1.807, 2.05) is 32.9 Å². The topological polar surface area (TPSA) is 66.5 Å². The van der Waals surface area contributed by atoms with Crippen LogP contribution < -0.4 is 9.62 Å². The molecule has 2 rings (SSSR count). The van der Waals surface area contributed by atoms with Crippen molar-refractivity contribution in [2.75, 3.05) is 10.6 Å². The third kappa shape index (κ3) is 5.26. The highest BCUT2D eigenvalue weighted by Gasteiger charge is 2.32. The first kappa shape index (κ1) is 22.2. The molecule has 0 unspecified atom stereocenters. The number of carbonyl (C=O) groups is 1. The number of benzene rings is 2. The van der Waals surface area contributed by atoms with Crippen LogP contribution in [0.25, 0.3) is 0 Å². The van der Waals surface area contributed by atoms with Crippen LogP contribution in [-0.2, 0) is 14.8 Å². The van der Waals surface area contributed by atoms with Gasteiger partial charge in [0.15, 0.2) is 0 Å². The molecule has 1 N–H and O–H groups in total. The predicted molar refractivity (Wildman–Crippen MR) is 115 cm³/mol. The number of anilines is 1. The molecule has 28 heavy (non-hydrogen) atoms. The summed E-state index contributed by atoms with van der Waals surface area (Å²) in [4.78, 5) is 13.0. The van der Waals surface area contributed by atoms with Gasteiger partial charge in [0.25, 0.3) is 0 Å². The van der Waals surface area contributed by atoms with Crippen LogP contribution in [0.3, 0.4) is 0 Å². The average Bonchev–Trinajstić information content (AvgIpc) is 2.59. The van der Waals surface area contributed by atoms with Crippen LogP contribution in [0.4, 0.5) is 5.69 Å². The van der Waals surface area contributed by atoms with Crippen molar-refractivity contribution in [3.8, 4) is 0 Å². The SMILES string of the molecule is CC[C@H](C(=O)N[C@@H](C)c1ccc(C)cc1C)N(c1ccc(Cl)cc1)S(C)(=O)=O. The van der Waals surface area contributed by atoms with Gasteiger partial charge >= 0.3 is 0 Å². The van der Waals surface area contributed by atoms with Crippen molar-refractivity contribution in [3.05, 3.63) is 64.2 Å². The Labute approximate surface area is 172 Å². The molecule has 7 heteroatoms. The molecule has 0 fully saturated rings. The van der Waals surface area contributed by atoms with Gasteiger partial charge in [-0.1, -0.05) is 42.3 Å². The first-order valence-electron chi connectivity index (χ1n) is 9.17. The summed E-state index contributed by atoms with van der Waals surface area (Å²) in [6.45, 7) is 7.71. The maximum Gasteiger partial charge on any atom is 0.244 e. The lowest BCUT2D eigenvalue weighted by Crippen LogP contribution is -2.49. The molecule has 0 saturated carbocycles. The van der Waals surface area contributed by atoms with E-state index in [-0.39, 0.29) is 11.9 Å². The lowest BCUT2D eigenvalue weighted by Gasteiger charge is -2.31. The molecule has 0 saturated heterocycles. The van der Waals surface area contributed by atoms with Gasteiger partial charge in [-0.2, -0.15) is 0 Å². The Kier molecular flexibility index (Phi) is 7.12. The quantitative estimate of drug-likeness (QED) is 0.720. The fourth-order valence-corrected chi connectivity index (χ4v) is 4.68. The summed E-state index contributed by atoms with van der Waals surface area (Å²) in [7, 11) is -3.67. The predicted octanol–water partition coefficient (Wildman–Crippen LogP) is 4.38. The molecule has 0 spiro atoms. The van der Waals surface area contributed by atoms with Crippen LogP contribution in [0.1, 0.15) is 43.0 Å². The standard InChI is InChI=1S/C21H27ClN2O3S/c1-6-20(24(28(5,26)27)18-10-8-17(22)9-11-18)21(25)23-16(4)19-12-7-14(2)13-15(19)3/h7-13,16,20H,6H2,1-5H3,(H,23,25)/t16-,20+/m0/s1. The van der Waals surface area contributed by atoms with Gasteiger partial charge in [-0.15, -0.1) is 0 Å². The molecule has 0 radical (unpaired) electrons. The van der Waals surface area contributed by atoms with E-state index in [0.717, 1.165) is 27.3 Å². The molecular weight excluding hydrogens is 396 g/mol. The van der Waals surface area contributed by atoms with Crippen LogP contribution in [0.5, 0.6) is 0 Å². The number of carbonyl (C=O) groups excluding carboxylic acids is 1. The molecule has 2 atom stereocenters. The van der Waals surface area contributed by atoms with Crippen molar-refractivity contribution in [1.29, 1.82) is 0 Å². The summed E-state index contributed by atoms with van der Waals surface area (Å²) in [6.07, 6.45) is 1.44. The second-order valence-corrected chi connectivity index (χ2v) is 9.35. The van der Waals surface area contributed by atoms with Crippen LogP contribution in [0.15, 0.2) is 42.5 Å². The number of rotatable bonds is 7. The van der Waals surface area contributed by atoms with Crippen molar-refractivity contribution < 1.29 is 13.2 Å². The maximum absolute atomic E-state index is 13.0. The fourth-order valence-electron chi connectivity index (χ4n) is 3.35. The minimum atomic E-state index is -3.67. The van der Waals surface area contributed by atoms with E-state index < -0.39 is 16.1 Å². The van der Waals surface area contributed by atoms with Crippen LogP contribution in [0, 0.1) is 13.8 Å². The van der Waals surface area contributed by atoms with E-state index >= 15 is 0 Å². The van der Waals surface area contributed by atoms with Gasteiger partial charge in [0.1, 0.15) is 6.04 Å². The summed E-state index contributed by atoms with van der Waals surface area (Å²) in [5, 5.41) is 3.47. The Bertz CT molecular complexity index is 943. The second kappa shape index (κ2) is 8.97. The van der Waals surface area contributed by atoms with Gasteiger partial charge in [-0.05, 0) is 62.6 Å². The number of halogens is 1. The summed E-state index contributed by atoms with van der Waals surface area (Å²) in [6, 6.07) is 11.4. The van der Waals surface area contributed by atoms with E-state index in [9.17, 15) is 13.2 Å². The number of sulfonamides is 1. The van der Waals surface area contributed by atoms with Gasteiger partial charge in [-0.25, -0.2) is 8.42 Å². The fraction of sp³-hybridized carbons (Fsp3) is 0.381. The van der Waals surface area contributed by atoms with Gasteiger partial charge in [0.05, 0.1) is 18.0 Å². The Morgan fingerprint density at radius 3 is 2.25 bits per heavy atom. The molecule has 152 valence electrons. The molecule has 0 bridgehead atoms. The third-order valence-electron chi connectivity index (χ3n) is 4.66. The number of hydrogen-bond donors (Lipinski definition) is 1. The van der Waals surface area contributed by atoms with Crippen LogP contribution in [-0.4, -0.2) is 26.6 Å². The summed E-state index contributed by atoms with van der Waals surface area (Å²) >= 11 is 5.92. The van der Waals surface area contributed by atoms with Crippen molar-refractivity contribution in [3.63, 3.8) is 0 Å². The zero-order chi connectivity index (χ0) is 21.1. The first-order valence-corrected chi connectivity index (χ1v) is 11.4. The number of amides is 1. The van der Waals surface area contributed by atoms with Gasteiger partial charge in [0, 0.05) is 5.02 Å². The highest BCUT2D eigenvalue weighted by atomic mass is 35.5. The Balaban J connectivity index is 2.32. The molecule has 2 aromatic carbocycles. The summed E-state index contributed by atoms with van der Waals surface area (Å²) in [5.74, 6) is -0.338. The highest BCUT2D eigenvalue weighted by molar-refractivity contribution is 7.92. The van der Waals surface area contributed by atoms with E-state index in [0.29, 0.717) is 17.1 Å². The highest BCUT2D eigenvalue weighted by Crippen LogP contribution is 2.25. The van der Waals surface area contributed by atoms with Gasteiger partial charge in [0.2, 0.25) is 15.9 Å². The van der Waals surface area contributed by atoms with Crippen LogP contribution >= 0.6 is 11.6 Å². The molecule has 5 nitrogen and oxygen atoms in total. The lowest BCUT2D eigenvalue weighted by molar-refractivity contribution is -0.122. The number of nitrogens with zero attached hydrogens (tertiary/aromatic N) is 1. The first-order chi connectivity index (χ1) is 13.0. The van der Waals surface area contributed by atoms with Crippen molar-refractivity contribution in [2.45, 2.75) is 46.2 Å². The summed E-state index contributed by atoms with van der Waals surface area (Å²) in [5.41, 5.74) is 3.65. The van der Waals surface area contributed by atoms with Crippen molar-refractivity contribution >= 4 is 33.2 Å². The number of hydrogen-bond acceptors (Lipinski definition) is 3. The van der Waals surface area contributed by atoms with E-state index in [2.05, 4.69) is 11.4 Å². The molecule has 0 aromatic heterocycles. The molecule has 1 amide bonds. The minimum Gasteiger partial charge on any atom is -0.348 e. The van der Waals surface area contributed by atoms with E-state index in [1.165, 1.54) is 0 Å². The van der Waals surface area contributed by atoms with Crippen molar-refractivity contribution in [2.24, 2.45) is 0 Å². The molecule has 2 aromatic rings. The largest absolute Gasteiger partial charge is 0.348 e. The smallest absolute Gasteiger partial charge is 0.244 e. The summed E-state index contributed by atoms with van der Waals surface area (Å²) < 4.78 is 26.1. The lowest BCUT2D eigenvalue weighted by atomic mass is 10.00. The Morgan fingerprint density at radius 2 is 1.75 bits per heavy atom. The zero-order valence-electron chi connectivity index (χ0n) is 16.9. The van der Waals surface area contributed by atoms with Gasteiger partial charge < -0.3 is 5.32 Å². The normalized spacial score (nSPS) is 13.6. The molecular formula is C21H27ClN2O3S. The number of aryl methyl sites for hydroxylation is 2. The molecule has 0 aliphatic heterocycles. The Morgan fingerprint density at radius 1 is 1.14 bits per heavy atom. The van der Waals surface area contributed by atoms with E-state index in [1.54, 1.807) is 31.2 Å². The third-order valence-corrected chi connectivity index (χ3v) is 6.09. The molecule has 0 heterocycles. The Hall–Kier alpha value is -2.05.